The number of rotatable bonds is 2. The van der Waals surface area contributed by atoms with Crippen molar-refractivity contribution >= 4 is 11.5 Å². The molecule has 0 aliphatic carbocycles. The minimum atomic E-state index is 0.0486. The van der Waals surface area contributed by atoms with Crippen molar-refractivity contribution in [2.75, 3.05) is 0 Å². The summed E-state index contributed by atoms with van der Waals surface area (Å²) >= 11 is 0. The predicted octanol–water partition coefficient (Wildman–Crippen LogP) is 2.92. The Labute approximate surface area is 88.9 Å². The van der Waals surface area contributed by atoms with Crippen LogP contribution in [0.5, 0.6) is 0 Å². The summed E-state index contributed by atoms with van der Waals surface area (Å²) in [6.07, 6.45) is 0.527. The molecule has 1 aromatic carbocycles. The van der Waals surface area contributed by atoms with Crippen molar-refractivity contribution < 1.29 is 9.53 Å². The number of hydrogen-bond acceptors (Lipinski definition) is 2. The molecule has 0 spiro atoms. The molecule has 2 heteroatoms. The normalized spacial score (nSPS) is 15.4. The summed E-state index contributed by atoms with van der Waals surface area (Å²) in [6.45, 7) is 5.30. The minimum absolute atomic E-state index is 0.0486. The van der Waals surface area contributed by atoms with E-state index >= 15 is 0 Å². The molecule has 15 heavy (non-hydrogen) atoms. The van der Waals surface area contributed by atoms with Crippen molar-refractivity contribution in [3.05, 3.63) is 53.8 Å². The number of carbonyl (C=O) groups excluding carboxylic acids is 1. The maximum Gasteiger partial charge on any atom is 0.159 e. The van der Waals surface area contributed by atoms with Crippen LogP contribution in [0.4, 0.5) is 0 Å². The zero-order valence-electron chi connectivity index (χ0n) is 8.62. The van der Waals surface area contributed by atoms with Crippen LogP contribution >= 0.6 is 0 Å². The average Bonchev–Trinajstić information content (AvgIpc) is 2.62. The van der Waals surface area contributed by atoms with E-state index in [0.717, 1.165) is 5.56 Å². The van der Waals surface area contributed by atoms with Gasteiger partial charge in [0.25, 0.3) is 0 Å². The van der Waals surface area contributed by atoms with E-state index in [9.17, 15) is 4.79 Å². The Kier molecular flexibility index (Phi) is 2.42. The van der Waals surface area contributed by atoms with Crippen LogP contribution in [0.3, 0.4) is 0 Å². The molecule has 1 heterocycles. The maximum atomic E-state index is 11.4. The van der Waals surface area contributed by atoms with E-state index in [4.69, 9.17) is 4.74 Å². The first-order chi connectivity index (χ1) is 7.18. The highest BCUT2D eigenvalue weighted by Crippen LogP contribution is 2.34. The van der Waals surface area contributed by atoms with Crippen LogP contribution in [0.15, 0.2) is 48.2 Å². The first-order valence-corrected chi connectivity index (χ1v) is 4.83. The second-order valence-corrected chi connectivity index (χ2v) is 3.55. The molecule has 0 fully saturated rings. The molecule has 2 nitrogen and oxygen atoms in total. The van der Waals surface area contributed by atoms with Gasteiger partial charge >= 0.3 is 0 Å². The van der Waals surface area contributed by atoms with Gasteiger partial charge < -0.3 is 4.74 Å². The third-order valence-corrected chi connectivity index (χ3v) is 2.36. The number of hydrogen-bond donors (Lipinski definition) is 0. The first-order valence-electron chi connectivity index (χ1n) is 4.83. The molecular formula is C13H12O2. The molecule has 0 saturated heterocycles. The summed E-state index contributed by atoms with van der Waals surface area (Å²) in [7, 11) is 0. The van der Waals surface area contributed by atoms with Gasteiger partial charge in [0.05, 0.1) is 0 Å². The lowest BCUT2D eigenvalue weighted by Crippen LogP contribution is -1.96. The molecule has 1 aromatic rings. The summed E-state index contributed by atoms with van der Waals surface area (Å²) < 4.78 is 5.49. The SMILES string of the molecule is C=C1CC(C(C)=O)=C(c2ccccc2)O1. The largest absolute Gasteiger partial charge is 0.461 e. The Morgan fingerprint density at radius 3 is 2.60 bits per heavy atom. The third-order valence-electron chi connectivity index (χ3n) is 2.36. The number of benzene rings is 1. The molecule has 0 N–H and O–H groups in total. The Balaban J connectivity index is 2.46. The maximum absolute atomic E-state index is 11.4. The van der Waals surface area contributed by atoms with Crippen molar-refractivity contribution in [2.45, 2.75) is 13.3 Å². The van der Waals surface area contributed by atoms with Crippen molar-refractivity contribution in [3.63, 3.8) is 0 Å². The zero-order chi connectivity index (χ0) is 10.8. The van der Waals surface area contributed by atoms with Crippen molar-refractivity contribution in [3.8, 4) is 0 Å². The lowest BCUT2D eigenvalue weighted by molar-refractivity contribution is -0.113. The second-order valence-electron chi connectivity index (χ2n) is 3.55. The molecule has 1 aliphatic rings. The summed E-state index contributed by atoms with van der Waals surface area (Å²) in [6, 6.07) is 9.63. The van der Waals surface area contributed by atoms with Gasteiger partial charge in [0.1, 0.15) is 11.5 Å². The minimum Gasteiger partial charge on any atom is -0.461 e. The summed E-state index contributed by atoms with van der Waals surface area (Å²) in [5.74, 6) is 1.35. The highest BCUT2D eigenvalue weighted by atomic mass is 16.5. The Hall–Kier alpha value is -1.83. The highest BCUT2D eigenvalue weighted by Gasteiger charge is 2.23. The third kappa shape index (κ3) is 1.84. The molecule has 0 atom stereocenters. The van der Waals surface area contributed by atoms with Gasteiger partial charge in [0.2, 0.25) is 0 Å². The Bertz CT molecular complexity index is 441. The molecule has 0 amide bonds. The fraction of sp³-hybridized carbons (Fsp3) is 0.154. The molecule has 0 unspecified atom stereocenters. The van der Waals surface area contributed by atoms with E-state index in [-0.39, 0.29) is 5.78 Å². The van der Waals surface area contributed by atoms with Gasteiger partial charge in [-0.3, -0.25) is 4.79 Å². The van der Waals surface area contributed by atoms with Crippen molar-refractivity contribution in [1.29, 1.82) is 0 Å². The molecular weight excluding hydrogens is 188 g/mol. The van der Waals surface area contributed by atoms with Crippen LogP contribution in [0, 0.1) is 0 Å². The quantitative estimate of drug-likeness (QED) is 0.733. The van der Waals surface area contributed by atoms with Gasteiger partial charge in [0, 0.05) is 17.6 Å². The van der Waals surface area contributed by atoms with E-state index in [0.29, 0.717) is 23.5 Å². The van der Waals surface area contributed by atoms with E-state index in [1.807, 2.05) is 30.3 Å². The van der Waals surface area contributed by atoms with Crippen LogP contribution in [-0.2, 0) is 9.53 Å². The number of allylic oxidation sites excluding steroid dienone is 1. The predicted molar refractivity (Wildman–Crippen MR) is 58.9 cm³/mol. The monoisotopic (exact) mass is 200 g/mol. The molecule has 76 valence electrons. The standard InChI is InChI=1S/C13H12O2/c1-9-8-12(10(2)14)13(15-9)11-6-4-3-5-7-11/h3-7H,1,8H2,2H3. The van der Waals surface area contributed by atoms with Crippen LogP contribution in [-0.4, -0.2) is 5.78 Å². The Morgan fingerprint density at radius 2 is 2.00 bits per heavy atom. The highest BCUT2D eigenvalue weighted by molar-refractivity contribution is 6.01. The number of ether oxygens (including phenoxy) is 1. The van der Waals surface area contributed by atoms with E-state index < -0.39 is 0 Å². The topological polar surface area (TPSA) is 26.3 Å². The van der Waals surface area contributed by atoms with Crippen LogP contribution in [0.25, 0.3) is 5.76 Å². The number of Topliss-reactive ketones (excluding diaryl/α,β-unsaturated/α-hetero) is 1. The van der Waals surface area contributed by atoms with Gasteiger partial charge in [-0.25, -0.2) is 0 Å². The van der Waals surface area contributed by atoms with Gasteiger partial charge in [-0.1, -0.05) is 36.9 Å². The van der Waals surface area contributed by atoms with Crippen molar-refractivity contribution in [2.24, 2.45) is 0 Å². The van der Waals surface area contributed by atoms with E-state index in [1.54, 1.807) is 6.92 Å². The average molecular weight is 200 g/mol. The molecule has 0 bridgehead atoms. The van der Waals surface area contributed by atoms with Gasteiger partial charge in [0.15, 0.2) is 5.78 Å². The lowest BCUT2D eigenvalue weighted by Gasteiger charge is -2.04. The first kappa shape index (κ1) is 9.71. The van der Waals surface area contributed by atoms with Gasteiger partial charge in [-0.15, -0.1) is 0 Å². The molecule has 2 rings (SSSR count). The van der Waals surface area contributed by atoms with E-state index in [1.165, 1.54) is 0 Å². The van der Waals surface area contributed by atoms with Crippen molar-refractivity contribution in [1.82, 2.24) is 0 Å². The smallest absolute Gasteiger partial charge is 0.159 e. The molecule has 1 aliphatic heterocycles. The molecule has 0 radical (unpaired) electrons. The fourth-order valence-corrected chi connectivity index (χ4v) is 1.63. The number of carbonyl (C=O) groups is 1. The van der Waals surface area contributed by atoms with Crippen LogP contribution in [0.1, 0.15) is 18.9 Å². The second kappa shape index (κ2) is 3.73. The number of ketones is 1. The molecule has 0 aromatic heterocycles. The van der Waals surface area contributed by atoms with Crippen LogP contribution in [0.2, 0.25) is 0 Å². The lowest BCUT2D eigenvalue weighted by atomic mass is 10.0. The van der Waals surface area contributed by atoms with E-state index in [2.05, 4.69) is 6.58 Å². The van der Waals surface area contributed by atoms with Gasteiger partial charge in [-0.05, 0) is 6.92 Å². The summed E-state index contributed by atoms with van der Waals surface area (Å²) in [5.41, 5.74) is 1.65. The zero-order valence-corrected chi connectivity index (χ0v) is 8.62. The fourth-order valence-electron chi connectivity index (χ4n) is 1.63. The molecule has 0 saturated carbocycles. The summed E-state index contributed by atoms with van der Waals surface area (Å²) in [5, 5.41) is 0. The van der Waals surface area contributed by atoms with Gasteiger partial charge in [-0.2, -0.15) is 0 Å². The Morgan fingerprint density at radius 1 is 1.33 bits per heavy atom. The van der Waals surface area contributed by atoms with Crippen LogP contribution < -0.4 is 0 Å². The summed E-state index contributed by atoms with van der Waals surface area (Å²) in [4.78, 5) is 11.4.